The highest BCUT2D eigenvalue weighted by molar-refractivity contribution is 14.0. The number of nitrogens with zero attached hydrogens (tertiary/aromatic N) is 2. The van der Waals surface area contributed by atoms with Crippen molar-refractivity contribution in [3.05, 3.63) is 35.8 Å². The number of guanidine groups is 1. The number of fused-ring (bicyclic) bond motifs is 1. The molecule has 1 aromatic carbocycles. The number of aromatic amines is 1. The van der Waals surface area contributed by atoms with Crippen LogP contribution in [0.15, 0.2) is 29.4 Å². The molecule has 0 amide bonds. The summed E-state index contributed by atoms with van der Waals surface area (Å²) in [5.74, 6) is 0.571. The Kier molecular flexibility index (Phi) is 8.51. The molecule has 0 saturated carbocycles. The summed E-state index contributed by atoms with van der Waals surface area (Å²) in [5.41, 5.74) is 2.08. The van der Waals surface area contributed by atoms with E-state index in [4.69, 9.17) is 4.74 Å². The molecule has 3 N–H and O–H groups in total. The number of halogens is 2. The normalized spacial score (nSPS) is 16.1. The van der Waals surface area contributed by atoms with Crippen molar-refractivity contribution < 1.29 is 9.13 Å². The molecular weight excluding hydrogens is 472 g/mol. The van der Waals surface area contributed by atoms with E-state index in [1.807, 2.05) is 6.20 Å². The molecule has 0 aliphatic carbocycles. The van der Waals surface area contributed by atoms with Crippen molar-refractivity contribution in [1.82, 2.24) is 20.5 Å². The number of rotatable bonds is 6. The first-order valence-electron chi connectivity index (χ1n) is 9.52. The van der Waals surface area contributed by atoms with Gasteiger partial charge in [0.25, 0.3) is 0 Å². The number of H-pyrrole nitrogens is 1. The summed E-state index contributed by atoms with van der Waals surface area (Å²) >= 11 is 0. The Balaban J connectivity index is 0.00000280. The summed E-state index contributed by atoms with van der Waals surface area (Å²) in [5, 5.41) is 7.71. The van der Waals surface area contributed by atoms with Crippen LogP contribution in [0, 0.1) is 5.82 Å². The molecule has 2 heterocycles. The second-order valence-corrected chi connectivity index (χ2v) is 7.52. The maximum atomic E-state index is 13.5. The molecule has 156 valence electrons. The van der Waals surface area contributed by atoms with E-state index in [2.05, 4.69) is 39.4 Å². The number of aromatic nitrogens is 1. The first kappa shape index (κ1) is 22.9. The van der Waals surface area contributed by atoms with E-state index < -0.39 is 0 Å². The van der Waals surface area contributed by atoms with Crippen LogP contribution in [-0.2, 0) is 11.2 Å². The zero-order valence-corrected chi connectivity index (χ0v) is 19.2. The third-order valence-electron chi connectivity index (χ3n) is 5.20. The molecule has 28 heavy (non-hydrogen) atoms. The van der Waals surface area contributed by atoms with Crippen LogP contribution in [0.5, 0.6) is 0 Å². The molecule has 1 aliphatic rings. The zero-order valence-electron chi connectivity index (χ0n) is 16.8. The minimum absolute atomic E-state index is 0. The third-order valence-corrected chi connectivity index (χ3v) is 5.20. The van der Waals surface area contributed by atoms with Gasteiger partial charge >= 0.3 is 0 Å². The zero-order chi connectivity index (χ0) is 19.3. The Bertz CT molecular complexity index is 786. The van der Waals surface area contributed by atoms with Gasteiger partial charge in [0, 0.05) is 55.9 Å². The number of morpholine rings is 1. The summed E-state index contributed by atoms with van der Waals surface area (Å²) in [6.45, 7) is 9.49. The molecule has 8 heteroatoms. The lowest BCUT2D eigenvalue weighted by molar-refractivity contribution is -0.00833. The number of hydrogen-bond acceptors (Lipinski definition) is 3. The molecule has 0 unspecified atom stereocenters. The van der Waals surface area contributed by atoms with Gasteiger partial charge in [0.2, 0.25) is 0 Å². The Morgan fingerprint density at radius 2 is 2.04 bits per heavy atom. The van der Waals surface area contributed by atoms with Gasteiger partial charge in [-0.3, -0.25) is 9.89 Å². The standard InChI is InChI=1S/C20H30FN5O.HI/c1-20(2,26-8-10-27-11-9-26)14-25-19(22-3)23-7-6-15-13-24-18-5-4-16(21)12-17(15)18;/h4-5,12-13,24H,6-11,14H2,1-3H3,(H2,22,23,25);1H. The Morgan fingerprint density at radius 3 is 2.75 bits per heavy atom. The lowest BCUT2D eigenvalue weighted by Gasteiger charge is -2.41. The van der Waals surface area contributed by atoms with Crippen LogP contribution in [0.3, 0.4) is 0 Å². The van der Waals surface area contributed by atoms with Gasteiger partial charge in [-0.1, -0.05) is 0 Å². The van der Waals surface area contributed by atoms with E-state index in [-0.39, 0.29) is 35.3 Å². The van der Waals surface area contributed by atoms with Gasteiger partial charge in [-0.25, -0.2) is 4.39 Å². The highest BCUT2D eigenvalue weighted by Crippen LogP contribution is 2.19. The van der Waals surface area contributed by atoms with Crippen molar-refractivity contribution >= 4 is 40.8 Å². The van der Waals surface area contributed by atoms with Crippen LogP contribution in [-0.4, -0.2) is 67.8 Å². The Labute approximate surface area is 183 Å². The fraction of sp³-hybridized carbons (Fsp3) is 0.550. The van der Waals surface area contributed by atoms with Crippen molar-refractivity contribution in [3.8, 4) is 0 Å². The van der Waals surface area contributed by atoms with E-state index in [9.17, 15) is 4.39 Å². The minimum Gasteiger partial charge on any atom is -0.379 e. The van der Waals surface area contributed by atoms with Gasteiger partial charge in [-0.15, -0.1) is 24.0 Å². The van der Waals surface area contributed by atoms with Gasteiger partial charge < -0.3 is 20.4 Å². The predicted molar refractivity (Wildman–Crippen MR) is 123 cm³/mol. The van der Waals surface area contributed by atoms with Gasteiger partial charge in [0.15, 0.2) is 5.96 Å². The van der Waals surface area contributed by atoms with Crippen LogP contribution < -0.4 is 10.6 Å². The molecule has 1 saturated heterocycles. The fourth-order valence-electron chi connectivity index (χ4n) is 3.47. The van der Waals surface area contributed by atoms with Gasteiger partial charge in [-0.05, 0) is 44.0 Å². The summed E-state index contributed by atoms with van der Waals surface area (Å²) in [4.78, 5) is 9.95. The second-order valence-electron chi connectivity index (χ2n) is 7.52. The lowest BCUT2D eigenvalue weighted by Crippen LogP contribution is -2.56. The molecule has 3 rings (SSSR count). The molecule has 0 bridgehead atoms. The first-order chi connectivity index (χ1) is 13.0. The van der Waals surface area contributed by atoms with E-state index in [0.29, 0.717) is 0 Å². The molecule has 1 aliphatic heterocycles. The van der Waals surface area contributed by atoms with Crippen LogP contribution in [0.2, 0.25) is 0 Å². The quantitative estimate of drug-likeness (QED) is 0.323. The van der Waals surface area contributed by atoms with Crippen LogP contribution in [0.4, 0.5) is 4.39 Å². The van der Waals surface area contributed by atoms with Gasteiger partial charge in [0.05, 0.1) is 13.2 Å². The molecular formula is C20H31FIN5O. The van der Waals surface area contributed by atoms with E-state index in [1.165, 1.54) is 6.07 Å². The summed E-state index contributed by atoms with van der Waals surface area (Å²) in [6, 6.07) is 4.83. The van der Waals surface area contributed by atoms with E-state index in [0.717, 1.165) is 68.2 Å². The van der Waals surface area contributed by atoms with Crippen molar-refractivity contribution in [3.63, 3.8) is 0 Å². The van der Waals surface area contributed by atoms with E-state index >= 15 is 0 Å². The minimum atomic E-state index is -0.209. The predicted octanol–water partition coefficient (Wildman–Crippen LogP) is 2.74. The van der Waals surface area contributed by atoms with Gasteiger partial charge in [0.1, 0.15) is 5.82 Å². The number of ether oxygens (including phenoxy) is 1. The van der Waals surface area contributed by atoms with Crippen molar-refractivity contribution in [2.75, 3.05) is 46.4 Å². The largest absolute Gasteiger partial charge is 0.379 e. The molecule has 0 spiro atoms. The van der Waals surface area contributed by atoms with Crippen LogP contribution >= 0.6 is 24.0 Å². The molecule has 0 radical (unpaired) electrons. The second kappa shape index (κ2) is 10.4. The first-order valence-corrected chi connectivity index (χ1v) is 9.52. The summed E-state index contributed by atoms with van der Waals surface area (Å²) < 4.78 is 18.9. The monoisotopic (exact) mass is 503 g/mol. The highest BCUT2D eigenvalue weighted by atomic mass is 127. The average Bonchev–Trinajstić information content (AvgIpc) is 3.07. The Hall–Kier alpha value is -1.39. The molecule has 1 fully saturated rings. The molecule has 0 atom stereocenters. The Morgan fingerprint density at radius 1 is 1.29 bits per heavy atom. The number of hydrogen-bond donors (Lipinski definition) is 3. The van der Waals surface area contributed by atoms with E-state index in [1.54, 1.807) is 19.2 Å². The fourth-order valence-corrected chi connectivity index (χ4v) is 3.47. The van der Waals surface area contributed by atoms with Crippen LogP contribution in [0.1, 0.15) is 19.4 Å². The highest BCUT2D eigenvalue weighted by Gasteiger charge is 2.28. The van der Waals surface area contributed by atoms with Crippen LogP contribution in [0.25, 0.3) is 10.9 Å². The van der Waals surface area contributed by atoms with Crippen molar-refractivity contribution in [2.45, 2.75) is 25.8 Å². The third kappa shape index (κ3) is 5.81. The van der Waals surface area contributed by atoms with Crippen molar-refractivity contribution in [2.24, 2.45) is 4.99 Å². The van der Waals surface area contributed by atoms with Gasteiger partial charge in [-0.2, -0.15) is 0 Å². The maximum Gasteiger partial charge on any atom is 0.191 e. The number of aliphatic imine (C=N–C) groups is 1. The number of nitrogens with one attached hydrogen (secondary N) is 3. The SMILES string of the molecule is CN=C(NCCc1c[nH]c2ccc(F)cc12)NCC(C)(C)N1CCOCC1.I. The molecule has 2 aromatic rings. The summed E-state index contributed by atoms with van der Waals surface area (Å²) in [6.07, 6.45) is 2.74. The molecule has 6 nitrogen and oxygen atoms in total. The maximum absolute atomic E-state index is 13.5. The average molecular weight is 503 g/mol. The topological polar surface area (TPSA) is 64.7 Å². The summed E-state index contributed by atoms with van der Waals surface area (Å²) in [7, 11) is 1.78. The number of benzene rings is 1. The smallest absolute Gasteiger partial charge is 0.191 e. The van der Waals surface area contributed by atoms with Crippen molar-refractivity contribution in [1.29, 1.82) is 0 Å². The lowest BCUT2D eigenvalue weighted by atomic mass is 10.0. The molecule has 1 aromatic heterocycles.